The van der Waals surface area contributed by atoms with E-state index in [9.17, 15) is 13.2 Å². The number of sulfone groups is 1. The first-order chi connectivity index (χ1) is 12.5. The van der Waals surface area contributed by atoms with Gasteiger partial charge < -0.3 is 19.9 Å². The third kappa shape index (κ3) is 4.53. The molecule has 0 saturated carbocycles. The first kappa shape index (κ1) is 18.2. The van der Waals surface area contributed by atoms with Crippen molar-refractivity contribution < 1.29 is 27.8 Å². The Morgan fingerprint density at radius 3 is 2.46 bits per heavy atom. The lowest BCUT2D eigenvalue weighted by molar-refractivity contribution is -0.118. The molecule has 0 atom stereocenters. The minimum atomic E-state index is -3.58. The topological polar surface area (TPSA) is 102 Å². The van der Waals surface area contributed by atoms with Gasteiger partial charge in [-0.15, -0.1) is 0 Å². The van der Waals surface area contributed by atoms with Gasteiger partial charge in [-0.3, -0.25) is 4.79 Å². The molecule has 0 aliphatic carbocycles. The molecule has 138 valence electrons. The van der Waals surface area contributed by atoms with Crippen LogP contribution in [0.2, 0.25) is 0 Å². The lowest BCUT2D eigenvalue weighted by Crippen LogP contribution is -2.32. The van der Waals surface area contributed by atoms with Crippen molar-refractivity contribution in [2.45, 2.75) is 5.75 Å². The van der Waals surface area contributed by atoms with Crippen LogP contribution in [0.3, 0.4) is 0 Å². The van der Waals surface area contributed by atoms with Gasteiger partial charge in [0.15, 0.2) is 21.3 Å². The van der Waals surface area contributed by atoms with Gasteiger partial charge in [-0.2, -0.15) is 0 Å². The maximum atomic E-state index is 12.1. The van der Waals surface area contributed by atoms with Crippen molar-refractivity contribution in [2.24, 2.45) is 0 Å². The summed E-state index contributed by atoms with van der Waals surface area (Å²) >= 11 is 0. The average molecular weight is 377 g/mol. The van der Waals surface area contributed by atoms with Crippen molar-refractivity contribution in [1.82, 2.24) is 5.32 Å². The largest absolute Gasteiger partial charge is 0.454 e. The SMILES string of the molecule is O=C(CS(=O)(=O)Cc1ccc(-c2ccc3c(c2)OCO3)cc1)NCCO. The fourth-order valence-electron chi connectivity index (χ4n) is 2.62. The highest BCUT2D eigenvalue weighted by Crippen LogP contribution is 2.35. The second-order valence-electron chi connectivity index (χ2n) is 5.87. The highest BCUT2D eigenvalue weighted by atomic mass is 32.2. The summed E-state index contributed by atoms with van der Waals surface area (Å²) in [6, 6.07) is 12.7. The Morgan fingerprint density at radius 1 is 1.04 bits per heavy atom. The van der Waals surface area contributed by atoms with Crippen LogP contribution in [-0.4, -0.2) is 45.1 Å². The van der Waals surface area contributed by atoms with E-state index in [-0.39, 0.29) is 25.7 Å². The first-order valence-electron chi connectivity index (χ1n) is 8.04. The monoisotopic (exact) mass is 377 g/mol. The van der Waals surface area contributed by atoms with Crippen molar-refractivity contribution >= 4 is 15.7 Å². The molecule has 1 amide bonds. The molecule has 26 heavy (non-hydrogen) atoms. The summed E-state index contributed by atoms with van der Waals surface area (Å²) in [4.78, 5) is 11.5. The van der Waals surface area contributed by atoms with Gasteiger partial charge in [0, 0.05) is 6.54 Å². The molecular formula is C18H19NO6S. The lowest BCUT2D eigenvalue weighted by Gasteiger charge is -2.07. The molecule has 1 heterocycles. The van der Waals surface area contributed by atoms with Gasteiger partial charge in [0.2, 0.25) is 12.7 Å². The van der Waals surface area contributed by atoms with E-state index >= 15 is 0 Å². The fourth-order valence-corrected chi connectivity index (χ4v) is 3.92. The number of aliphatic hydroxyl groups excluding tert-OH is 1. The van der Waals surface area contributed by atoms with Crippen LogP contribution in [0.4, 0.5) is 0 Å². The van der Waals surface area contributed by atoms with Crippen molar-refractivity contribution in [2.75, 3.05) is 25.7 Å². The maximum Gasteiger partial charge on any atom is 0.235 e. The Kier molecular flexibility index (Phi) is 5.43. The summed E-state index contributed by atoms with van der Waals surface area (Å²) in [5.41, 5.74) is 2.46. The predicted molar refractivity (Wildman–Crippen MR) is 95.6 cm³/mol. The van der Waals surface area contributed by atoms with E-state index in [4.69, 9.17) is 14.6 Å². The zero-order valence-corrected chi connectivity index (χ0v) is 14.8. The number of carbonyl (C=O) groups excluding carboxylic acids is 1. The zero-order valence-electron chi connectivity index (χ0n) is 14.0. The number of hydrogen-bond acceptors (Lipinski definition) is 6. The molecule has 0 radical (unpaired) electrons. The average Bonchev–Trinajstić information content (AvgIpc) is 3.07. The standard InChI is InChI=1S/C18H19NO6S/c20-8-7-19-18(21)11-26(22,23)10-13-1-3-14(4-2-13)15-5-6-16-17(9-15)25-12-24-16/h1-6,9,20H,7-8,10-12H2,(H,19,21). The summed E-state index contributed by atoms with van der Waals surface area (Å²) in [5, 5.41) is 11.0. The first-order valence-corrected chi connectivity index (χ1v) is 9.86. The van der Waals surface area contributed by atoms with Crippen molar-refractivity contribution in [3.63, 3.8) is 0 Å². The molecule has 2 aromatic rings. The van der Waals surface area contributed by atoms with Crippen LogP contribution in [0.5, 0.6) is 11.5 Å². The Labute approximate surface area is 151 Å². The zero-order chi connectivity index (χ0) is 18.6. The van der Waals surface area contributed by atoms with Crippen molar-refractivity contribution in [1.29, 1.82) is 0 Å². The highest BCUT2D eigenvalue weighted by molar-refractivity contribution is 7.91. The molecule has 3 rings (SSSR count). The number of amides is 1. The summed E-state index contributed by atoms with van der Waals surface area (Å²) in [7, 11) is -3.58. The highest BCUT2D eigenvalue weighted by Gasteiger charge is 2.18. The molecule has 0 saturated heterocycles. The van der Waals surface area contributed by atoms with Gasteiger partial charge in [-0.1, -0.05) is 30.3 Å². The van der Waals surface area contributed by atoms with E-state index in [0.717, 1.165) is 11.1 Å². The van der Waals surface area contributed by atoms with Gasteiger partial charge in [0.25, 0.3) is 0 Å². The van der Waals surface area contributed by atoms with E-state index in [0.29, 0.717) is 17.1 Å². The lowest BCUT2D eigenvalue weighted by atomic mass is 10.0. The Hall–Kier alpha value is -2.58. The summed E-state index contributed by atoms with van der Waals surface area (Å²) in [5.74, 6) is -0.0484. The van der Waals surface area contributed by atoms with Crippen molar-refractivity contribution in [3.8, 4) is 22.6 Å². The Balaban J connectivity index is 1.67. The van der Waals surface area contributed by atoms with Crippen LogP contribution in [0, 0.1) is 0 Å². The van der Waals surface area contributed by atoms with Gasteiger partial charge >= 0.3 is 0 Å². The van der Waals surface area contributed by atoms with Gasteiger partial charge in [0.05, 0.1) is 12.4 Å². The number of benzene rings is 2. The van der Waals surface area contributed by atoms with E-state index < -0.39 is 21.5 Å². The maximum absolute atomic E-state index is 12.1. The summed E-state index contributed by atoms with van der Waals surface area (Å²) < 4.78 is 34.8. The molecule has 0 aromatic heterocycles. The molecule has 2 aromatic carbocycles. The quantitative estimate of drug-likeness (QED) is 0.749. The molecular weight excluding hydrogens is 358 g/mol. The van der Waals surface area contributed by atoms with Crippen LogP contribution >= 0.6 is 0 Å². The predicted octanol–water partition coefficient (Wildman–Crippen LogP) is 1.11. The Morgan fingerprint density at radius 2 is 1.73 bits per heavy atom. The number of nitrogens with one attached hydrogen (secondary N) is 1. The van der Waals surface area contributed by atoms with Crippen LogP contribution in [-0.2, 0) is 20.4 Å². The summed E-state index contributed by atoms with van der Waals surface area (Å²) in [6.07, 6.45) is 0. The van der Waals surface area contributed by atoms with E-state index in [1.165, 1.54) is 0 Å². The molecule has 8 heteroatoms. The Bertz CT molecular complexity index is 892. The third-order valence-corrected chi connectivity index (χ3v) is 5.31. The number of carbonyl (C=O) groups is 1. The van der Waals surface area contributed by atoms with E-state index in [1.54, 1.807) is 12.1 Å². The van der Waals surface area contributed by atoms with Crippen LogP contribution in [0.25, 0.3) is 11.1 Å². The normalized spacial score (nSPS) is 12.8. The van der Waals surface area contributed by atoms with Crippen LogP contribution in [0.15, 0.2) is 42.5 Å². The molecule has 0 spiro atoms. The number of hydrogen-bond donors (Lipinski definition) is 2. The second kappa shape index (κ2) is 7.76. The molecule has 1 aliphatic heterocycles. The van der Waals surface area contributed by atoms with E-state index in [1.807, 2.05) is 30.3 Å². The molecule has 0 bridgehead atoms. The molecule has 2 N–H and O–H groups in total. The smallest absolute Gasteiger partial charge is 0.235 e. The third-order valence-electron chi connectivity index (χ3n) is 3.83. The molecule has 0 fully saturated rings. The van der Waals surface area contributed by atoms with Gasteiger partial charge in [0.1, 0.15) is 5.75 Å². The van der Waals surface area contributed by atoms with Crippen LogP contribution in [0.1, 0.15) is 5.56 Å². The molecule has 7 nitrogen and oxygen atoms in total. The molecule has 0 unspecified atom stereocenters. The van der Waals surface area contributed by atoms with E-state index in [2.05, 4.69) is 5.32 Å². The van der Waals surface area contributed by atoms with Gasteiger partial charge in [-0.05, 0) is 28.8 Å². The molecule has 1 aliphatic rings. The number of rotatable bonds is 7. The van der Waals surface area contributed by atoms with Crippen LogP contribution < -0.4 is 14.8 Å². The minimum absolute atomic E-state index is 0.0403. The fraction of sp³-hybridized carbons (Fsp3) is 0.278. The number of aliphatic hydroxyl groups is 1. The second-order valence-corrected chi connectivity index (χ2v) is 7.94. The number of ether oxygens (including phenoxy) is 2. The van der Waals surface area contributed by atoms with Crippen molar-refractivity contribution in [3.05, 3.63) is 48.0 Å². The van der Waals surface area contributed by atoms with Gasteiger partial charge in [-0.25, -0.2) is 8.42 Å². The number of fused-ring (bicyclic) bond motifs is 1. The minimum Gasteiger partial charge on any atom is -0.454 e. The summed E-state index contributed by atoms with van der Waals surface area (Å²) in [6.45, 7) is 0.0210.